The number of rotatable bonds is 4. The number of aryl methyl sites for hydroxylation is 2. The van der Waals surface area contributed by atoms with Gasteiger partial charge in [0.25, 0.3) is 0 Å². The monoisotopic (exact) mass is 319 g/mol. The summed E-state index contributed by atoms with van der Waals surface area (Å²) >= 11 is 1.40. The van der Waals surface area contributed by atoms with Crippen molar-refractivity contribution in [2.75, 3.05) is 4.72 Å². The molecule has 0 fully saturated rings. The zero-order chi connectivity index (χ0) is 14.9. The van der Waals surface area contributed by atoms with Crippen LogP contribution in [0.25, 0.3) is 0 Å². The minimum atomic E-state index is -3.56. The molecule has 0 unspecified atom stereocenters. The van der Waals surface area contributed by atoms with E-state index < -0.39 is 10.0 Å². The van der Waals surface area contributed by atoms with Gasteiger partial charge in [0, 0.05) is 4.88 Å². The third kappa shape index (κ3) is 3.06. The molecule has 0 saturated carbocycles. The van der Waals surface area contributed by atoms with Crippen molar-refractivity contribution in [3.63, 3.8) is 0 Å². The fourth-order valence-corrected chi connectivity index (χ4v) is 4.86. The van der Waals surface area contributed by atoms with E-state index in [4.69, 9.17) is 5.26 Å². The quantitative estimate of drug-likeness (QED) is 0.938. The molecule has 7 heteroatoms. The van der Waals surface area contributed by atoms with Crippen molar-refractivity contribution >= 4 is 26.5 Å². The van der Waals surface area contributed by atoms with Crippen LogP contribution >= 0.6 is 11.3 Å². The second-order valence-electron chi connectivity index (χ2n) is 4.87. The van der Waals surface area contributed by atoms with Crippen molar-refractivity contribution < 1.29 is 8.42 Å². The highest BCUT2D eigenvalue weighted by molar-refractivity contribution is 7.92. The molecule has 2 aromatic rings. The molecule has 1 heterocycles. The van der Waals surface area contributed by atoms with Crippen molar-refractivity contribution in [3.05, 3.63) is 46.0 Å². The van der Waals surface area contributed by atoms with Crippen LogP contribution in [-0.4, -0.2) is 13.4 Å². The van der Waals surface area contributed by atoms with Gasteiger partial charge in [-0.25, -0.2) is 13.4 Å². The summed E-state index contributed by atoms with van der Waals surface area (Å²) in [6.45, 7) is 0. The zero-order valence-electron chi connectivity index (χ0n) is 11.2. The molecule has 0 aliphatic heterocycles. The number of nitrogens with zero attached hydrogens (tertiary/aromatic N) is 2. The van der Waals surface area contributed by atoms with Gasteiger partial charge in [0.15, 0.2) is 5.13 Å². The predicted octanol–water partition coefficient (Wildman–Crippen LogP) is 2.45. The lowest BCUT2D eigenvalue weighted by Gasteiger charge is -2.06. The summed E-state index contributed by atoms with van der Waals surface area (Å²) in [5, 5.41) is 9.43. The Bertz CT molecular complexity index is 797. The first kappa shape index (κ1) is 14.0. The smallest absolute Gasteiger partial charge is 0.238 e. The Hall–Kier alpha value is -1.91. The molecule has 108 valence electrons. The fourth-order valence-electron chi connectivity index (χ4n) is 2.36. The van der Waals surface area contributed by atoms with E-state index >= 15 is 0 Å². The molecule has 1 N–H and O–H groups in total. The third-order valence-electron chi connectivity index (χ3n) is 3.32. The van der Waals surface area contributed by atoms with E-state index in [1.807, 2.05) is 6.07 Å². The molecule has 3 rings (SSSR count). The van der Waals surface area contributed by atoms with E-state index in [-0.39, 0.29) is 5.75 Å². The number of fused-ring (bicyclic) bond motifs is 1. The molecule has 1 aliphatic rings. The summed E-state index contributed by atoms with van der Waals surface area (Å²) < 4.78 is 26.9. The molecule has 1 aliphatic carbocycles. The first-order chi connectivity index (χ1) is 10.1. The molecule has 5 nitrogen and oxygen atoms in total. The van der Waals surface area contributed by atoms with Gasteiger partial charge in [-0.1, -0.05) is 18.2 Å². The van der Waals surface area contributed by atoms with Crippen LogP contribution in [0, 0.1) is 11.3 Å². The Labute approximate surface area is 127 Å². The van der Waals surface area contributed by atoms with Gasteiger partial charge < -0.3 is 0 Å². The lowest BCUT2D eigenvalue weighted by Crippen LogP contribution is -2.15. The second kappa shape index (κ2) is 5.47. The molecule has 0 amide bonds. The Morgan fingerprint density at radius 2 is 2.14 bits per heavy atom. The molecule has 21 heavy (non-hydrogen) atoms. The van der Waals surface area contributed by atoms with Gasteiger partial charge in [0.1, 0.15) is 0 Å². The number of sulfonamides is 1. The maximum atomic E-state index is 12.2. The molecule has 0 radical (unpaired) electrons. The first-order valence-electron chi connectivity index (χ1n) is 6.54. The van der Waals surface area contributed by atoms with Gasteiger partial charge in [-0.3, -0.25) is 4.72 Å². The van der Waals surface area contributed by atoms with E-state index in [0.29, 0.717) is 16.3 Å². The van der Waals surface area contributed by atoms with E-state index in [0.717, 1.165) is 25.0 Å². The largest absolute Gasteiger partial charge is 0.258 e. The topological polar surface area (TPSA) is 82.8 Å². The average molecular weight is 319 g/mol. The molecule has 0 spiro atoms. The standard InChI is InChI=1S/C14H13N3O2S2/c15-8-10-4-1-2-5-11(10)9-21(18,19)17-14-16-12-6-3-7-13(12)20-14/h1-2,4-5H,3,6-7,9H2,(H,16,17). The minimum Gasteiger partial charge on any atom is -0.258 e. The number of thiazole rings is 1. The fraction of sp³-hybridized carbons (Fsp3) is 0.286. The molecule has 0 saturated heterocycles. The highest BCUT2D eigenvalue weighted by Gasteiger charge is 2.20. The maximum absolute atomic E-state index is 12.2. The van der Waals surface area contributed by atoms with Crippen molar-refractivity contribution in [3.8, 4) is 6.07 Å². The minimum absolute atomic E-state index is 0.221. The summed E-state index contributed by atoms with van der Waals surface area (Å²) in [5.74, 6) is -0.221. The first-order valence-corrected chi connectivity index (χ1v) is 9.01. The zero-order valence-corrected chi connectivity index (χ0v) is 12.8. The molecule has 1 aromatic heterocycles. The number of aromatic nitrogens is 1. The van der Waals surface area contributed by atoms with Crippen molar-refractivity contribution in [2.45, 2.75) is 25.0 Å². The highest BCUT2D eigenvalue weighted by atomic mass is 32.2. The third-order valence-corrected chi connectivity index (χ3v) is 5.72. The molecule has 0 bridgehead atoms. The van der Waals surface area contributed by atoms with Crippen LogP contribution in [0.4, 0.5) is 5.13 Å². The Balaban J connectivity index is 1.79. The molecular formula is C14H13N3O2S2. The average Bonchev–Trinajstić information content (AvgIpc) is 2.99. The number of hydrogen-bond acceptors (Lipinski definition) is 5. The summed E-state index contributed by atoms with van der Waals surface area (Å²) in [4.78, 5) is 5.49. The van der Waals surface area contributed by atoms with Crippen LogP contribution in [-0.2, 0) is 28.6 Å². The van der Waals surface area contributed by atoms with Gasteiger partial charge in [-0.2, -0.15) is 5.26 Å². The number of hydrogen-bond donors (Lipinski definition) is 1. The van der Waals surface area contributed by atoms with Gasteiger partial charge in [-0.05, 0) is 30.9 Å². The van der Waals surface area contributed by atoms with Gasteiger partial charge in [0.2, 0.25) is 10.0 Å². The van der Waals surface area contributed by atoms with Crippen LogP contribution < -0.4 is 4.72 Å². The van der Waals surface area contributed by atoms with Crippen LogP contribution in [0.5, 0.6) is 0 Å². The summed E-state index contributed by atoms with van der Waals surface area (Å²) in [6, 6.07) is 8.72. The lowest BCUT2D eigenvalue weighted by atomic mass is 10.1. The lowest BCUT2D eigenvalue weighted by molar-refractivity contribution is 0.600. The van der Waals surface area contributed by atoms with E-state index in [2.05, 4.69) is 9.71 Å². The van der Waals surface area contributed by atoms with E-state index in [9.17, 15) is 8.42 Å². The summed E-state index contributed by atoms with van der Waals surface area (Å²) in [7, 11) is -3.56. The number of benzene rings is 1. The second-order valence-corrected chi connectivity index (χ2v) is 7.68. The van der Waals surface area contributed by atoms with Crippen LogP contribution in [0.3, 0.4) is 0 Å². The van der Waals surface area contributed by atoms with Crippen LogP contribution in [0.2, 0.25) is 0 Å². The number of nitrogens with one attached hydrogen (secondary N) is 1. The van der Waals surface area contributed by atoms with E-state index in [1.54, 1.807) is 24.3 Å². The van der Waals surface area contributed by atoms with Crippen molar-refractivity contribution in [1.29, 1.82) is 5.26 Å². The normalized spacial score (nSPS) is 13.7. The summed E-state index contributed by atoms with van der Waals surface area (Å²) in [6.07, 6.45) is 2.99. The number of nitriles is 1. The van der Waals surface area contributed by atoms with Crippen LogP contribution in [0.1, 0.15) is 28.1 Å². The van der Waals surface area contributed by atoms with Gasteiger partial charge >= 0.3 is 0 Å². The Morgan fingerprint density at radius 3 is 2.90 bits per heavy atom. The molecule has 0 atom stereocenters. The molecule has 1 aromatic carbocycles. The van der Waals surface area contributed by atoms with Crippen molar-refractivity contribution in [1.82, 2.24) is 4.98 Å². The number of anilines is 1. The van der Waals surface area contributed by atoms with Gasteiger partial charge in [-0.15, -0.1) is 11.3 Å². The molecular weight excluding hydrogens is 306 g/mol. The Morgan fingerprint density at radius 1 is 1.33 bits per heavy atom. The van der Waals surface area contributed by atoms with Gasteiger partial charge in [0.05, 0.1) is 23.1 Å². The predicted molar refractivity (Wildman–Crippen MR) is 81.5 cm³/mol. The highest BCUT2D eigenvalue weighted by Crippen LogP contribution is 2.31. The summed E-state index contributed by atoms with van der Waals surface area (Å²) in [5.41, 5.74) is 1.89. The Kier molecular flexibility index (Phi) is 3.66. The van der Waals surface area contributed by atoms with E-state index in [1.165, 1.54) is 16.2 Å². The maximum Gasteiger partial charge on any atom is 0.238 e. The SMILES string of the molecule is N#Cc1ccccc1CS(=O)(=O)Nc1nc2c(s1)CCC2. The van der Waals surface area contributed by atoms with Crippen molar-refractivity contribution in [2.24, 2.45) is 0 Å². The van der Waals surface area contributed by atoms with Crippen LogP contribution in [0.15, 0.2) is 24.3 Å².